The van der Waals surface area contributed by atoms with E-state index >= 15 is 0 Å². The van der Waals surface area contributed by atoms with Gasteiger partial charge in [0.05, 0.1) is 0 Å². The van der Waals surface area contributed by atoms with Crippen LogP contribution in [0.1, 0.15) is 31.7 Å². The topological polar surface area (TPSA) is 0 Å². The molecule has 0 nitrogen and oxygen atoms in total. The van der Waals surface area contributed by atoms with Crippen molar-refractivity contribution >= 4 is 0 Å². The van der Waals surface area contributed by atoms with Crippen LogP contribution in [-0.4, -0.2) is 0 Å². The average molecular weight is 336 g/mol. The molecule has 3 aromatic carbocycles. The molecule has 0 saturated heterocycles. The van der Waals surface area contributed by atoms with Crippen molar-refractivity contribution in [1.82, 2.24) is 0 Å². The van der Waals surface area contributed by atoms with Crippen LogP contribution in [-0.2, 0) is 6.42 Å². The third-order valence-corrected chi connectivity index (χ3v) is 4.51. The van der Waals surface area contributed by atoms with E-state index in [0.717, 1.165) is 30.4 Å². The maximum atomic E-state index is 14.8. The highest BCUT2D eigenvalue weighted by Gasteiger charge is 2.17. The van der Waals surface area contributed by atoms with Gasteiger partial charge in [-0.15, -0.1) is 0 Å². The van der Waals surface area contributed by atoms with Crippen LogP contribution in [0.25, 0.3) is 22.3 Å². The van der Waals surface area contributed by atoms with E-state index in [2.05, 4.69) is 6.92 Å². The molecule has 0 aliphatic heterocycles. The summed E-state index contributed by atoms with van der Waals surface area (Å²) >= 11 is 0. The normalized spacial score (nSPS) is 10.8. The van der Waals surface area contributed by atoms with E-state index < -0.39 is 11.6 Å². The Morgan fingerprint density at radius 2 is 1.32 bits per heavy atom. The molecule has 0 atom stereocenters. The maximum Gasteiger partial charge on any atom is 0.166 e. The van der Waals surface area contributed by atoms with E-state index in [1.54, 1.807) is 12.1 Å². The number of benzene rings is 3. The molecule has 0 saturated carbocycles. The molecule has 0 fully saturated rings. The van der Waals surface area contributed by atoms with E-state index in [0.29, 0.717) is 23.1 Å². The molecule has 0 aromatic heterocycles. The van der Waals surface area contributed by atoms with Crippen LogP contribution in [0.4, 0.5) is 8.78 Å². The monoisotopic (exact) mass is 336 g/mol. The maximum absolute atomic E-state index is 14.8. The summed E-state index contributed by atoms with van der Waals surface area (Å²) in [5, 5.41) is 0. The van der Waals surface area contributed by atoms with Crippen LogP contribution < -0.4 is 0 Å². The quantitative estimate of drug-likeness (QED) is 0.424. The third kappa shape index (κ3) is 3.79. The smallest absolute Gasteiger partial charge is 0.166 e. The highest BCUT2D eigenvalue weighted by molar-refractivity contribution is 5.83. The zero-order valence-electron chi connectivity index (χ0n) is 14.4. The second kappa shape index (κ2) is 8.06. The van der Waals surface area contributed by atoms with Crippen molar-refractivity contribution in [2.45, 2.75) is 32.6 Å². The van der Waals surface area contributed by atoms with Crippen LogP contribution in [0.3, 0.4) is 0 Å². The van der Waals surface area contributed by atoms with Crippen molar-refractivity contribution in [1.29, 1.82) is 0 Å². The van der Waals surface area contributed by atoms with E-state index in [-0.39, 0.29) is 0 Å². The number of rotatable bonds is 6. The van der Waals surface area contributed by atoms with Crippen LogP contribution in [0, 0.1) is 11.6 Å². The third-order valence-electron chi connectivity index (χ3n) is 4.51. The SMILES string of the molecule is CCCCCc1ccc(-c2ccccc2-c2ccccc2)c(F)c1F. The summed E-state index contributed by atoms with van der Waals surface area (Å²) in [6.45, 7) is 2.10. The number of aryl methyl sites for hydroxylation is 1. The minimum Gasteiger partial charge on any atom is -0.203 e. The number of hydrogen-bond donors (Lipinski definition) is 0. The summed E-state index contributed by atoms with van der Waals surface area (Å²) in [5.74, 6) is -1.46. The molecule has 0 amide bonds. The molecule has 25 heavy (non-hydrogen) atoms. The zero-order chi connectivity index (χ0) is 17.6. The molecular formula is C23H22F2. The molecule has 0 radical (unpaired) electrons. The molecule has 0 bridgehead atoms. The lowest BCUT2D eigenvalue weighted by Gasteiger charge is -2.13. The Morgan fingerprint density at radius 3 is 2.04 bits per heavy atom. The standard InChI is InChI=1S/C23H22F2/c1-2-3-5-12-18-15-16-21(23(25)22(18)24)20-14-9-8-13-19(20)17-10-6-4-7-11-17/h4,6-11,13-16H,2-3,5,12H2,1H3. The number of halogens is 2. The Bertz CT molecular complexity index is 838. The lowest BCUT2D eigenvalue weighted by molar-refractivity contribution is 0.498. The van der Waals surface area contributed by atoms with Gasteiger partial charge >= 0.3 is 0 Å². The summed E-state index contributed by atoms with van der Waals surface area (Å²) < 4.78 is 29.3. The van der Waals surface area contributed by atoms with Gasteiger partial charge in [-0.05, 0) is 35.1 Å². The fourth-order valence-corrected chi connectivity index (χ4v) is 3.14. The minimum atomic E-state index is -0.752. The zero-order valence-corrected chi connectivity index (χ0v) is 14.4. The predicted octanol–water partition coefficient (Wildman–Crippen LogP) is 7.03. The Balaban J connectivity index is 2.02. The van der Waals surface area contributed by atoms with Gasteiger partial charge in [-0.25, -0.2) is 8.78 Å². The first-order valence-corrected chi connectivity index (χ1v) is 8.84. The molecule has 0 heterocycles. The first kappa shape index (κ1) is 17.3. The second-order valence-electron chi connectivity index (χ2n) is 6.27. The van der Waals surface area contributed by atoms with Gasteiger partial charge in [0.25, 0.3) is 0 Å². The van der Waals surface area contributed by atoms with Crippen molar-refractivity contribution in [3.05, 3.63) is 83.9 Å². The van der Waals surface area contributed by atoms with Gasteiger partial charge in [-0.1, -0.05) is 86.5 Å². The molecule has 3 rings (SSSR count). The van der Waals surface area contributed by atoms with Gasteiger partial charge in [-0.3, -0.25) is 0 Å². The first-order chi connectivity index (χ1) is 12.2. The van der Waals surface area contributed by atoms with Gasteiger partial charge in [-0.2, -0.15) is 0 Å². The van der Waals surface area contributed by atoms with E-state index in [1.807, 2.05) is 54.6 Å². The average Bonchev–Trinajstić information content (AvgIpc) is 2.66. The largest absolute Gasteiger partial charge is 0.203 e. The summed E-state index contributed by atoms with van der Waals surface area (Å²) in [6, 6.07) is 20.8. The highest BCUT2D eigenvalue weighted by atomic mass is 19.2. The van der Waals surface area contributed by atoms with Crippen LogP contribution in [0.15, 0.2) is 66.7 Å². The van der Waals surface area contributed by atoms with Crippen molar-refractivity contribution in [3.8, 4) is 22.3 Å². The molecule has 2 heteroatoms. The molecular weight excluding hydrogens is 314 g/mol. The fraction of sp³-hybridized carbons (Fsp3) is 0.217. The summed E-state index contributed by atoms with van der Waals surface area (Å²) in [6.07, 6.45) is 3.55. The molecule has 0 spiro atoms. The van der Waals surface area contributed by atoms with Gasteiger partial charge in [0.15, 0.2) is 11.6 Å². The highest BCUT2D eigenvalue weighted by Crippen LogP contribution is 2.34. The molecule has 128 valence electrons. The van der Waals surface area contributed by atoms with E-state index in [9.17, 15) is 8.78 Å². The van der Waals surface area contributed by atoms with Crippen molar-refractivity contribution in [3.63, 3.8) is 0 Å². The lowest BCUT2D eigenvalue weighted by Crippen LogP contribution is -1.98. The van der Waals surface area contributed by atoms with Crippen LogP contribution in [0.5, 0.6) is 0 Å². The lowest BCUT2D eigenvalue weighted by atomic mass is 9.93. The van der Waals surface area contributed by atoms with Crippen LogP contribution >= 0.6 is 0 Å². The minimum absolute atomic E-state index is 0.316. The number of hydrogen-bond acceptors (Lipinski definition) is 0. The summed E-state index contributed by atoms with van der Waals surface area (Å²) in [4.78, 5) is 0. The number of unbranched alkanes of at least 4 members (excludes halogenated alkanes) is 2. The molecule has 0 N–H and O–H groups in total. The Morgan fingerprint density at radius 1 is 0.640 bits per heavy atom. The molecule has 3 aromatic rings. The molecule has 0 aliphatic rings. The molecule has 0 aliphatic carbocycles. The second-order valence-corrected chi connectivity index (χ2v) is 6.27. The van der Waals surface area contributed by atoms with Gasteiger partial charge in [0.2, 0.25) is 0 Å². The van der Waals surface area contributed by atoms with Crippen molar-refractivity contribution in [2.24, 2.45) is 0 Å². The van der Waals surface area contributed by atoms with Gasteiger partial charge in [0.1, 0.15) is 0 Å². The summed E-state index contributed by atoms with van der Waals surface area (Å²) in [7, 11) is 0. The van der Waals surface area contributed by atoms with E-state index in [4.69, 9.17) is 0 Å². The van der Waals surface area contributed by atoms with Crippen LogP contribution in [0.2, 0.25) is 0 Å². The van der Waals surface area contributed by atoms with Crippen molar-refractivity contribution in [2.75, 3.05) is 0 Å². The molecule has 0 unspecified atom stereocenters. The van der Waals surface area contributed by atoms with Gasteiger partial charge < -0.3 is 0 Å². The predicted molar refractivity (Wildman–Crippen MR) is 100 cm³/mol. The Labute approximate surface area is 148 Å². The van der Waals surface area contributed by atoms with Gasteiger partial charge in [0, 0.05) is 5.56 Å². The first-order valence-electron chi connectivity index (χ1n) is 8.84. The Kier molecular flexibility index (Phi) is 5.60. The van der Waals surface area contributed by atoms with E-state index in [1.165, 1.54) is 0 Å². The van der Waals surface area contributed by atoms with Crippen molar-refractivity contribution < 1.29 is 8.78 Å². The fourth-order valence-electron chi connectivity index (χ4n) is 3.14. The summed E-state index contributed by atoms with van der Waals surface area (Å²) in [5.41, 5.74) is 3.39. The Hall–Kier alpha value is -2.48.